The summed E-state index contributed by atoms with van der Waals surface area (Å²) in [4.78, 5) is 36.5. The molecule has 2 aromatic carbocycles. The smallest absolute Gasteiger partial charge is 0.407 e. The Bertz CT molecular complexity index is 991. The molecular weight excluding hydrogens is 420 g/mol. The zero-order valence-electron chi connectivity index (χ0n) is 18.8. The fourth-order valence-corrected chi connectivity index (χ4v) is 4.98. The van der Waals surface area contributed by atoms with Crippen LogP contribution >= 0.6 is 0 Å². The highest BCUT2D eigenvalue weighted by molar-refractivity contribution is 5.86. The van der Waals surface area contributed by atoms with Crippen molar-refractivity contribution in [3.8, 4) is 11.1 Å². The van der Waals surface area contributed by atoms with Crippen LogP contribution in [-0.4, -0.2) is 41.8 Å². The molecule has 0 radical (unpaired) electrons. The molecule has 1 saturated carbocycles. The maximum atomic E-state index is 12.7. The lowest BCUT2D eigenvalue weighted by Gasteiger charge is -2.29. The van der Waals surface area contributed by atoms with E-state index in [2.05, 4.69) is 34.9 Å². The Hall–Kier alpha value is -3.35. The third-order valence-corrected chi connectivity index (χ3v) is 6.73. The van der Waals surface area contributed by atoms with Gasteiger partial charge in [0.1, 0.15) is 12.6 Å². The molecule has 0 bridgehead atoms. The third-order valence-electron chi connectivity index (χ3n) is 6.73. The van der Waals surface area contributed by atoms with Crippen molar-refractivity contribution >= 4 is 18.0 Å². The van der Waals surface area contributed by atoms with Gasteiger partial charge in [0.2, 0.25) is 5.91 Å². The van der Waals surface area contributed by atoms with Gasteiger partial charge in [-0.15, -0.1) is 0 Å². The van der Waals surface area contributed by atoms with Crippen LogP contribution in [0.25, 0.3) is 11.1 Å². The summed E-state index contributed by atoms with van der Waals surface area (Å²) in [6, 6.07) is 15.3. The van der Waals surface area contributed by atoms with Crippen molar-refractivity contribution in [1.29, 1.82) is 0 Å². The molecule has 7 nitrogen and oxygen atoms in total. The predicted molar refractivity (Wildman–Crippen MR) is 124 cm³/mol. The minimum Gasteiger partial charge on any atom is -0.481 e. The number of carbonyl (C=O) groups excluding carboxylic acids is 2. The summed E-state index contributed by atoms with van der Waals surface area (Å²) in [5.74, 6) is -1.61. The van der Waals surface area contributed by atoms with Crippen molar-refractivity contribution in [2.24, 2.45) is 5.92 Å². The van der Waals surface area contributed by atoms with Gasteiger partial charge in [0, 0.05) is 12.0 Å². The van der Waals surface area contributed by atoms with Gasteiger partial charge < -0.3 is 20.5 Å². The van der Waals surface area contributed by atoms with E-state index in [-0.39, 0.29) is 24.5 Å². The summed E-state index contributed by atoms with van der Waals surface area (Å²) in [6.07, 6.45) is 2.34. The number of amides is 2. The molecule has 3 N–H and O–H groups in total. The number of carboxylic acid groups (broad SMARTS) is 1. The average Bonchev–Trinajstić information content (AvgIpc) is 3.15. The van der Waals surface area contributed by atoms with E-state index in [0.29, 0.717) is 19.3 Å². The van der Waals surface area contributed by atoms with Crippen LogP contribution < -0.4 is 10.6 Å². The van der Waals surface area contributed by atoms with Gasteiger partial charge in [0.25, 0.3) is 0 Å². The highest BCUT2D eigenvalue weighted by Gasteiger charge is 2.31. The number of ether oxygens (including phenoxy) is 1. The van der Waals surface area contributed by atoms with E-state index in [0.717, 1.165) is 35.1 Å². The molecule has 2 amide bonds. The summed E-state index contributed by atoms with van der Waals surface area (Å²) < 4.78 is 5.55. The largest absolute Gasteiger partial charge is 0.481 e. The predicted octanol–water partition coefficient (Wildman–Crippen LogP) is 4.06. The number of aliphatic carboxylic acids is 1. The molecule has 0 unspecified atom stereocenters. The van der Waals surface area contributed by atoms with Gasteiger partial charge in [-0.1, -0.05) is 61.9 Å². The first kappa shape index (κ1) is 22.8. The molecule has 0 saturated heterocycles. The first-order chi connectivity index (χ1) is 16.0. The Morgan fingerprint density at radius 2 is 1.67 bits per heavy atom. The topological polar surface area (TPSA) is 105 Å². The SMILES string of the molecule is CC[C@@H](NC(=O)OCC1c2ccccc2-c2ccccc21)C(=O)N[C@H]1CCC[C@@H](C(=O)O)C1. The van der Waals surface area contributed by atoms with Crippen LogP contribution in [0.3, 0.4) is 0 Å². The van der Waals surface area contributed by atoms with Gasteiger partial charge in [-0.25, -0.2) is 4.79 Å². The van der Waals surface area contributed by atoms with Crippen LogP contribution in [0.4, 0.5) is 4.79 Å². The van der Waals surface area contributed by atoms with E-state index in [4.69, 9.17) is 4.74 Å². The number of nitrogens with one attached hydrogen (secondary N) is 2. The highest BCUT2D eigenvalue weighted by atomic mass is 16.5. The summed E-state index contributed by atoms with van der Waals surface area (Å²) in [7, 11) is 0. The van der Waals surface area contributed by atoms with Gasteiger partial charge in [0.15, 0.2) is 0 Å². The fourth-order valence-electron chi connectivity index (χ4n) is 4.98. The second kappa shape index (κ2) is 10.1. The Kier molecular flexibility index (Phi) is 6.96. The van der Waals surface area contributed by atoms with Gasteiger partial charge in [0.05, 0.1) is 5.92 Å². The molecule has 33 heavy (non-hydrogen) atoms. The highest BCUT2D eigenvalue weighted by Crippen LogP contribution is 2.44. The standard InChI is InChI=1S/C26H30N2O5/c1-2-23(24(29)27-17-9-7-8-16(14-17)25(30)31)28-26(32)33-15-22-20-12-5-3-10-18(20)19-11-4-6-13-21(19)22/h3-6,10-13,16-17,22-23H,2,7-9,14-15H2,1H3,(H,27,29)(H,28,32)(H,30,31)/t16-,17+,23-/m1/s1. The quantitative estimate of drug-likeness (QED) is 0.590. The van der Waals surface area contributed by atoms with Crippen LogP contribution in [0.2, 0.25) is 0 Å². The Balaban J connectivity index is 1.33. The lowest BCUT2D eigenvalue weighted by Crippen LogP contribution is -2.50. The first-order valence-electron chi connectivity index (χ1n) is 11.6. The molecular formula is C26H30N2O5. The molecule has 1 fully saturated rings. The maximum Gasteiger partial charge on any atom is 0.407 e. The molecule has 2 aliphatic carbocycles. The number of fused-ring (bicyclic) bond motifs is 3. The van der Waals surface area contributed by atoms with Crippen molar-refractivity contribution in [2.45, 2.75) is 57.0 Å². The molecule has 2 aromatic rings. The molecule has 0 aliphatic heterocycles. The molecule has 174 valence electrons. The Labute approximate surface area is 193 Å². The minimum atomic E-state index is -0.822. The zero-order valence-corrected chi connectivity index (χ0v) is 18.8. The third kappa shape index (κ3) is 5.02. The molecule has 3 atom stereocenters. The number of carboxylic acids is 1. The van der Waals surface area contributed by atoms with E-state index >= 15 is 0 Å². The molecule has 0 heterocycles. The number of carbonyl (C=O) groups is 3. The summed E-state index contributed by atoms with van der Waals surface area (Å²) in [5.41, 5.74) is 4.56. The van der Waals surface area contributed by atoms with Crippen LogP contribution in [0, 0.1) is 5.92 Å². The summed E-state index contributed by atoms with van der Waals surface area (Å²) >= 11 is 0. The molecule has 4 rings (SSSR count). The van der Waals surface area contributed by atoms with Gasteiger partial charge in [-0.05, 0) is 47.9 Å². The van der Waals surface area contributed by atoms with Crippen molar-refractivity contribution in [3.63, 3.8) is 0 Å². The van der Waals surface area contributed by atoms with Crippen molar-refractivity contribution < 1.29 is 24.2 Å². The van der Waals surface area contributed by atoms with Gasteiger partial charge >= 0.3 is 12.1 Å². The molecule has 0 spiro atoms. The normalized spacial score (nSPS) is 20.3. The summed E-state index contributed by atoms with van der Waals surface area (Å²) in [5, 5.41) is 14.8. The monoisotopic (exact) mass is 450 g/mol. The lowest BCUT2D eigenvalue weighted by atomic mass is 9.85. The Morgan fingerprint density at radius 1 is 1.03 bits per heavy atom. The van der Waals surface area contributed by atoms with Crippen molar-refractivity contribution in [3.05, 3.63) is 59.7 Å². The van der Waals surface area contributed by atoms with Gasteiger partial charge in [-0.2, -0.15) is 0 Å². The van der Waals surface area contributed by atoms with Crippen LogP contribution in [0.1, 0.15) is 56.1 Å². The molecule has 2 aliphatic rings. The van der Waals surface area contributed by atoms with Crippen molar-refractivity contribution in [2.75, 3.05) is 6.61 Å². The fraction of sp³-hybridized carbons (Fsp3) is 0.423. The minimum absolute atomic E-state index is 0.0488. The van der Waals surface area contributed by atoms with E-state index in [9.17, 15) is 19.5 Å². The second-order valence-corrected chi connectivity index (χ2v) is 8.84. The summed E-state index contributed by atoms with van der Waals surface area (Å²) in [6.45, 7) is 2.00. The number of hydrogen-bond acceptors (Lipinski definition) is 4. The van der Waals surface area contributed by atoms with E-state index in [1.807, 2.05) is 31.2 Å². The maximum absolute atomic E-state index is 12.7. The van der Waals surface area contributed by atoms with Crippen LogP contribution in [-0.2, 0) is 14.3 Å². The number of alkyl carbamates (subject to hydrolysis) is 1. The van der Waals surface area contributed by atoms with Crippen LogP contribution in [0.5, 0.6) is 0 Å². The van der Waals surface area contributed by atoms with Gasteiger partial charge in [-0.3, -0.25) is 9.59 Å². The van der Waals surface area contributed by atoms with E-state index < -0.39 is 24.0 Å². The van der Waals surface area contributed by atoms with E-state index in [1.165, 1.54) is 0 Å². The first-order valence-corrected chi connectivity index (χ1v) is 11.6. The number of benzene rings is 2. The molecule has 7 heteroatoms. The average molecular weight is 451 g/mol. The lowest BCUT2D eigenvalue weighted by molar-refractivity contribution is -0.143. The van der Waals surface area contributed by atoms with E-state index in [1.54, 1.807) is 0 Å². The number of hydrogen-bond donors (Lipinski definition) is 3. The van der Waals surface area contributed by atoms with Crippen LogP contribution in [0.15, 0.2) is 48.5 Å². The Morgan fingerprint density at radius 3 is 2.27 bits per heavy atom. The molecule has 0 aromatic heterocycles. The van der Waals surface area contributed by atoms with Crippen molar-refractivity contribution in [1.82, 2.24) is 10.6 Å². The number of rotatable bonds is 7. The second-order valence-electron chi connectivity index (χ2n) is 8.84. The zero-order chi connectivity index (χ0) is 23.4.